The van der Waals surface area contributed by atoms with Crippen LogP contribution in [0.3, 0.4) is 0 Å². The Kier molecular flexibility index (Phi) is 7.51. The number of carbonyl (C=O) groups is 3. The molecule has 32 heavy (non-hydrogen) atoms. The molecule has 0 aliphatic carbocycles. The topological polar surface area (TPSA) is 105 Å². The third-order valence-corrected chi connectivity index (χ3v) is 5.55. The van der Waals surface area contributed by atoms with E-state index in [1.165, 1.54) is 31.0 Å². The minimum absolute atomic E-state index is 0.109. The summed E-state index contributed by atoms with van der Waals surface area (Å²) in [7, 11) is 1.54. The first-order valence-electron chi connectivity index (χ1n) is 9.68. The van der Waals surface area contributed by atoms with E-state index in [1.807, 2.05) is 6.07 Å². The van der Waals surface area contributed by atoms with Crippen LogP contribution in [-0.4, -0.2) is 35.8 Å². The molecule has 0 radical (unpaired) electrons. The summed E-state index contributed by atoms with van der Waals surface area (Å²) in [6.45, 7) is 1.79. The Labute approximate surface area is 189 Å². The van der Waals surface area contributed by atoms with Crippen LogP contribution in [-0.2, 0) is 4.79 Å². The number of carbonyl (C=O) groups excluding carboxylic acids is 2. The molecule has 0 aliphatic rings. The Hall–Kier alpha value is -3.78. The smallest absolute Gasteiger partial charge is 0.335 e. The van der Waals surface area contributed by atoms with Crippen molar-refractivity contribution in [3.63, 3.8) is 0 Å². The van der Waals surface area contributed by atoms with E-state index in [2.05, 4.69) is 10.6 Å². The molecule has 2 amide bonds. The summed E-state index contributed by atoms with van der Waals surface area (Å²) in [5.41, 5.74) is 2.43. The van der Waals surface area contributed by atoms with Gasteiger partial charge in [0, 0.05) is 21.8 Å². The van der Waals surface area contributed by atoms with Gasteiger partial charge in [0.25, 0.3) is 5.91 Å². The summed E-state index contributed by atoms with van der Waals surface area (Å²) in [5, 5.41) is 14.7. The Balaban J connectivity index is 1.60. The zero-order valence-electron chi connectivity index (χ0n) is 17.5. The van der Waals surface area contributed by atoms with Crippen molar-refractivity contribution < 1.29 is 24.2 Å². The normalized spacial score (nSPS) is 10.3. The van der Waals surface area contributed by atoms with Crippen molar-refractivity contribution in [2.75, 3.05) is 23.5 Å². The number of nitrogens with one attached hydrogen (secondary N) is 2. The number of thioether (sulfide) groups is 1. The third-order valence-electron chi connectivity index (χ3n) is 4.55. The lowest BCUT2D eigenvalue weighted by Gasteiger charge is -2.10. The van der Waals surface area contributed by atoms with E-state index in [9.17, 15) is 14.4 Å². The van der Waals surface area contributed by atoms with Crippen molar-refractivity contribution in [2.45, 2.75) is 11.8 Å². The van der Waals surface area contributed by atoms with Gasteiger partial charge < -0.3 is 20.5 Å². The molecule has 0 aliphatic heterocycles. The molecule has 3 N–H and O–H groups in total. The number of benzene rings is 3. The summed E-state index contributed by atoms with van der Waals surface area (Å²) in [5.74, 6) is -0.854. The minimum atomic E-state index is -1.05. The van der Waals surface area contributed by atoms with Gasteiger partial charge in [-0.05, 0) is 61.0 Å². The van der Waals surface area contributed by atoms with Gasteiger partial charge in [0.1, 0.15) is 5.75 Å². The fourth-order valence-electron chi connectivity index (χ4n) is 2.86. The highest BCUT2D eigenvalue weighted by Crippen LogP contribution is 2.24. The van der Waals surface area contributed by atoms with Gasteiger partial charge in [0.2, 0.25) is 5.91 Å². The summed E-state index contributed by atoms with van der Waals surface area (Å²) >= 11 is 1.31. The van der Waals surface area contributed by atoms with Gasteiger partial charge in [-0.2, -0.15) is 0 Å². The van der Waals surface area contributed by atoms with Crippen molar-refractivity contribution in [3.8, 4) is 5.75 Å². The van der Waals surface area contributed by atoms with Gasteiger partial charge in [-0.15, -0.1) is 11.8 Å². The number of hydrogen-bond donors (Lipinski definition) is 3. The zero-order valence-corrected chi connectivity index (χ0v) is 18.4. The SMILES string of the molecule is COc1cccc(C(=O)Nc2cccc(SCC(=O)Nc3cc(C(=O)O)ccc3C)c2)c1. The van der Waals surface area contributed by atoms with Gasteiger partial charge in [0.05, 0.1) is 18.4 Å². The van der Waals surface area contributed by atoms with Gasteiger partial charge in [-0.1, -0.05) is 18.2 Å². The van der Waals surface area contributed by atoms with Crippen molar-refractivity contribution in [3.05, 3.63) is 83.4 Å². The van der Waals surface area contributed by atoms with Crippen LogP contribution >= 0.6 is 11.8 Å². The second-order valence-electron chi connectivity index (χ2n) is 6.89. The van der Waals surface area contributed by atoms with Crippen LogP contribution in [0.2, 0.25) is 0 Å². The van der Waals surface area contributed by atoms with Crippen LogP contribution in [0, 0.1) is 6.92 Å². The Morgan fingerprint density at radius 2 is 1.72 bits per heavy atom. The number of hydrogen-bond acceptors (Lipinski definition) is 5. The van der Waals surface area contributed by atoms with Crippen molar-refractivity contribution in [2.24, 2.45) is 0 Å². The van der Waals surface area contributed by atoms with E-state index in [4.69, 9.17) is 9.84 Å². The largest absolute Gasteiger partial charge is 0.497 e. The van der Waals surface area contributed by atoms with E-state index < -0.39 is 5.97 Å². The molecule has 0 unspecified atom stereocenters. The number of anilines is 2. The van der Waals surface area contributed by atoms with Gasteiger partial charge in [-0.25, -0.2) is 4.79 Å². The number of rotatable bonds is 8. The molecule has 0 fully saturated rings. The predicted molar refractivity (Wildman–Crippen MR) is 125 cm³/mol. The molecule has 164 valence electrons. The highest BCUT2D eigenvalue weighted by Gasteiger charge is 2.11. The van der Waals surface area contributed by atoms with Crippen LogP contribution in [0.5, 0.6) is 5.75 Å². The number of ether oxygens (including phenoxy) is 1. The quantitative estimate of drug-likeness (QED) is 0.430. The maximum absolute atomic E-state index is 12.5. The minimum Gasteiger partial charge on any atom is -0.497 e. The fraction of sp³-hybridized carbons (Fsp3) is 0.125. The zero-order chi connectivity index (χ0) is 23.1. The molecule has 3 rings (SSSR count). The first-order chi connectivity index (χ1) is 15.4. The van der Waals surface area contributed by atoms with E-state index in [-0.39, 0.29) is 23.1 Å². The number of aryl methyl sites for hydroxylation is 1. The van der Waals surface area contributed by atoms with E-state index in [1.54, 1.807) is 55.5 Å². The Morgan fingerprint density at radius 3 is 2.47 bits per heavy atom. The highest BCUT2D eigenvalue weighted by molar-refractivity contribution is 8.00. The summed E-state index contributed by atoms with van der Waals surface area (Å²) in [6.07, 6.45) is 0. The van der Waals surface area contributed by atoms with Crippen molar-refractivity contribution in [1.29, 1.82) is 0 Å². The molecule has 3 aromatic carbocycles. The van der Waals surface area contributed by atoms with Crippen molar-refractivity contribution in [1.82, 2.24) is 0 Å². The van der Waals surface area contributed by atoms with Crippen LogP contribution in [0.4, 0.5) is 11.4 Å². The molecule has 0 heterocycles. The number of amides is 2. The molecule has 3 aromatic rings. The molecule has 0 spiro atoms. The van der Waals surface area contributed by atoms with Gasteiger partial charge >= 0.3 is 5.97 Å². The second kappa shape index (κ2) is 10.5. The average molecular weight is 451 g/mol. The number of carboxylic acid groups (broad SMARTS) is 1. The number of methoxy groups -OCH3 is 1. The third kappa shape index (κ3) is 6.12. The van der Waals surface area contributed by atoms with E-state index in [0.29, 0.717) is 22.7 Å². The van der Waals surface area contributed by atoms with E-state index >= 15 is 0 Å². The maximum Gasteiger partial charge on any atom is 0.335 e. The van der Waals surface area contributed by atoms with Crippen LogP contribution in [0.1, 0.15) is 26.3 Å². The monoisotopic (exact) mass is 450 g/mol. The predicted octanol–water partition coefficient (Wildman–Crippen LogP) is 4.68. The molecule has 0 aromatic heterocycles. The lowest BCUT2D eigenvalue weighted by molar-refractivity contribution is -0.113. The molecular formula is C24H22N2O5S. The molecule has 8 heteroatoms. The van der Waals surface area contributed by atoms with Crippen molar-refractivity contribution >= 4 is 40.9 Å². The molecule has 0 saturated heterocycles. The number of aromatic carboxylic acids is 1. The maximum atomic E-state index is 12.5. The first kappa shape index (κ1) is 22.9. The highest BCUT2D eigenvalue weighted by atomic mass is 32.2. The van der Waals surface area contributed by atoms with Gasteiger partial charge in [0.15, 0.2) is 0 Å². The average Bonchev–Trinajstić information content (AvgIpc) is 2.79. The summed E-state index contributed by atoms with van der Waals surface area (Å²) in [6, 6.07) is 18.6. The van der Waals surface area contributed by atoms with Crippen LogP contribution in [0.15, 0.2) is 71.6 Å². The van der Waals surface area contributed by atoms with Crippen LogP contribution in [0.25, 0.3) is 0 Å². The Morgan fingerprint density at radius 1 is 0.938 bits per heavy atom. The molecule has 0 saturated carbocycles. The lowest BCUT2D eigenvalue weighted by Crippen LogP contribution is -2.15. The Bertz CT molecular complexity index is 1160. The molecule has 0 atom stereocenters. The number of carboxylic acids is 1. The standard InChI is InChI=1S/C24H22N2O5S/c1-15-9-10-17(24(29)30)12-21(15)26-22(27)14-32-20-8-4-6-18(13-20)25-23(28)16-5-3-7-19(11-16)31-2/h3-13H,14H2,1-2H3,(H,25,28)(H,26,27)(H,29,30). The van der Waals surface area contributed by atoms with Crippen LogP contribution < -0.4 is 15.4 Å². The lowest BCUT2D eigenvalue weighted by atomic mass is 10.1. The summed E-state index contributed by atoms with van der Waals surface area (Å²) in [4.78, 5) is 36.8. The molecule has 0 bridgehead atoms. The second-order valence-corrected chi connectivity index (χ2v) is 7.93. The summed E-state index contributed by atoms with van der Waals surface area (Å²) < 4.78 is 5.15. The fourth-order valence-corrected chi connectivity index (χ4v) is 3.61. The molecular weight excluding hydrogens is 428 g/mol. The first-order valence-corrected chi connectivity index (χ1v) is 10.7. The van der Waals surface area contributed by atoms with E-state index in [0.717, 1.165) is 10.5 Å². The van der Waals surface area contributed by atoms with Gasteiger partial charge in [-0.3, -0.25) is 9.59 Å². The molecule has 7 nitrogen and oxygen atoms in total.